The smallest absolute Gasteiger partial charge is 0.0913 e. The van der Waals surface area contributed by atoms with Crippen LogP contribution in [-0.2, 0) is 13.7 Å². The maximum absolute atomic E-state index is 9.26. The highest BCUT2D eigenvalue weighted by Gasteiger charge is 2.19. The molecular weight excluding hydrogens is 188 g/mol. The summed E-state index contributed by atoms with van der Waals surface area (Å²) in [6.07, 6.45) is 9.99. The van der Waals surface area contributed by atoms with E-state index in [0.29, 0.717) is 5.92 Å². The predicted octanol–water partition coefficient (Wildman–Crippen LogP) is 2.35. The first-order chi connectivity index (χ1) is 7.31. The van der Waals surface area contributed by atoms with E-state index in [4.69, 9.17) is 0 Å². The molecule has 0 saturated heterocycles. The molecule has 0 radical (unpaired) electrons. The van der Waals surface area contributed by atoms with Crippen LogP contribution in [0.3, 0.4) is 0 Å². The number of aliphatic hydroxyl groups excluding tert-OH is 1. The van der Waals surface area contributed by atoms with Gasteiger partial charge in [0.25, 0.3) is 0 Å². The minimum absolute atomic E-state index is 0.0761. The van der Waals surface area contributed by atoms with Crippen LogP contribution in [0.25, 0.3) is 0 Å². The van der Waals surface area contributed by atoms with Crippen LogP contribution in [0.15, 0.2) is 6.20 Å². The summed E-state index contributed by atoms with van der Waals surface area (Å²) in [5, 5.41) is 13.6. The molecule has 0 aromatic carbocycles. The molecule has 1 heterocycles. The number of hydrogen-bond donors (Lipinski definition) is 1. The van der Waals surface area contributed by atoms with Crippen molar-refractivity contribution in [1.82, 2.24) is 9.78 Å². The van der Waals surface area contributed by atoms with Gasteiger partial charge in [-0.2, -0.15) is 5.10 Å². The molecule has 3 heteroatoms. The third-order valence-electron chi connectivity index (χ3n) is 3.38. The monoisotopic (exact) mass is 208 g/mol. The van der Waals surface area contributed by atoms with Crippen molar-refractivity contribution in [2.75, 3.05) is 0 Å². The summed E-state index contributed by atoms with van der Waals surface area (Å²) in [6, 6.07) is 0. The van der Waals surface area contributed by atoms with Crippen molar-refractivity contribution in [2.24, 2.45) is 7.05 Å². The zero-order valence-electron chi connectivity index (χ0n) is 9.45. The van der Waals surface area contributed by atoms with Crippen LogP contribution < -0.4 is 0 Å². The van der Waals surface area contributed by atoms with Gasteiger partial charge < -0.3 is 5.11 Å². The molecule has 15 heavy (non-hydrogen) atoms. The van der Waals surface area contributed by atoms with Crippen molar-refractivity contribution in [2.45, 2.75) is 51.0 Å². The number of aryl methyl sites for hydroxylation is 1. The first-order valence-corrected chi connectivity index (χ1v) is 5.94. The van der Waals surface area contributed by atoms with E-state index < -0.39 is 0 Å². The van der Waals surface area contributed by atoms with Crippen LogP contribution in [-0.4, -0.2) is 14.9 Å². The lowest BCUT2D eigenvalue weighted by molar-refractivity contribution is 0.273. The zero-order valence-corrected chi connectivity index (χ0v) is 9.45. The minimum atomic E-state index is 0.0761. The normalized spacial score (nSPS) is 19.1. The van der Waals surface area contributed by atoms with Crippen molar-refractivity contribution < 1.29 is 5.11 Å². The Bertz CT molecular complexity index is 311. The van der Waals surface area contributed by atoms with Crippen molar-refractivity contribution in [3.05, 3.63) is 17.5 Å². The second kappa shape index (κ2) is 4.79. The fourth-order valence-corrected chi connectivity index (χ4v) is 2.61. The van der Waals surface area contributed by atoms with Crippen LogP contribution in [0, 0.1) is 0 Å². The Labute approximate surface area is 91.1 Å². The number of aliphatic hydroxyl groups is 1. The number of rotatable bonds is 2. The van der Waals surface area contributed by atoms with Gasteiger partial charge in [-0.15, -0.1) is 0 Å². The molecule has 0 unspecified atom stereocenters. The van der Waals surface area contributed by atoms with Crippen LogP contribution in [0.5, 0.6) is 0 Å². The highest BCUT2D eigenvalue weighted by Crippen LogP contribution is 2.32. The van der Waals surface area contributed by atoms with Crippen LogP contribution in [0.4, 0.5) is 0 Å². The first-order valence-electron chi connectivity index (χ1n) is 5.94. The Kier molecular flexibility index (Phi) is 3.41. The molecule has 0 bridgehead atoms. The zero-order chi connectivity index (χ0) is 10.7. The fourth-order valence-electron chi connectivity index (χ4n) is 2.61. The average Bonchev–Trinajstić information content (AvgIpc) is 2.47. The molecular formula is C12H20N2O. The molecule has 0 spiro atoms. The maximum Gasteiger partial charge on any atom is 0.0913 e. The molecule has 84 valence electrons. The quantitative estimate of drug-likeness (QED) is 0.758. The van der Waals surface area contributed by atoms with Gasteiger partial charge in [0.15, 0.2) is 0 Å². The van der Waals surface area contributed by atoms with E-state index in [1.165, 1.54) is 44.1 Å². The number of hydrogen-bond acceptors (Lipinski definition) is 2. The third kappa shape index (κ3) is 2.40. The lowest BCUT2D eigenvalue weighted by Gasteiger charge is -2.12. The third-order valence-corrected chi connectivity index (χ3v) is 3.38. The van der Waals surface area contributed by atoms with E-state index in [2.05, 4.69) is 11.3 Å². The van der Waals surface area contributed by atoms with Crippen molar-refractivity contribution >= 4 is 0 Å². The summed E-state index contributed by atoms with van der Waals surface area (Å²) in [6.45, 7) is 0.0761. The Morgan fingerprint density at radius 2 is 2.00 bits per heavy atom. The number of nitrogens with zero attached hydrogens (tertiary/aromatic N) is 2. The lowest BCUT2D eigenvalue weighted by atomic mass is 9.92. The van der Waals surface area contributed by atoms with Gasteiger partial charge in [-0.05, 0) is 24.3 Å². The molecule has 0 aliphatic heterocycles. The summed E-state index contributed by atoms with van der Waals surface area (Å²) < 4.78 is 1.83. The van der Waals surface area contributed by atoms with E-state index in [1.54, 1.807) is 0 Å². The molecule has 0 atom stereocenters. The topological polar surface area (TPSA) is 38.0 Å². The Morgan fingerprint density at radius 3 is 2.60 bits per heavy atom. The summed E-state index contributed by atoms with van der Waals surface area (Å²) in [5.41, 5.74) is 2.16. The van der Waals surface area contributed by atoms with E-state index >= 15 is 0 Å². The van der Waals surface area contributed by atoms with Crippen molar-refractivity contribution in [3.8, 4) is 0 Å². The summed E-state index contributed by atoms with van der Waals surface area (Å²) in [7, 11) is 1.93. The van der Waals surface area contributed by atoms with Crippen LogP contribution >= 0.6 is 0 Å². The highest BCUT2D eigenvalue weighted by molar-refractivity contribution is 5.21. The Morgan fingerprint density at radius 1 is 1.33 bits per heavy atom. The molecule has 1 aliphatic rings. The molecule has 1 N–H and O–H groups in total. The molecule has 0 amide bonds. The molecule has 1 aromatic rings. The summed E-state index contributed by atoms with van der Waals surface area (Å²) in [5.74, 6) is 0.628. The van der Waals surface area contributed by atoms with E-state index in [-0.39, 0.29) is 6.61 Å². The van der Waals surface area contributed by atoms with Crippen molar-refractivity contribution in [1.29, 1.82) is 0 Å². The number of aromatic nitrogens is 2. The molecule has 1 fully saturated rings. The van der Waals surface area contributed by atoms with Crippen LogP contribution in [0.2, 0.25) is 0 Å². The summed E-state index contributed by atoms with van der Waals surface area (Å²) in [4.78, 5) is 0. The van der Waals surface area contributed by atoms with Gasteiger partial charge >= 0.3 is 0 Å². The van der Waals surface area contributed by atoms with E-state index in [9.17, 15) is 5.11 Å². The van der Waals surface area contributed by atoms with Gasteiger partial charge in [0, 0.05) is 13.2 Å². The Hall–Kier alpha value is -0.830. The first kappa shape index (κ1) is 10.7. The fraction of sp³-hybridized carbons (Fsp3) is 0.750. The molecule has 2 rings (SSSR count). The highest BCUT2D eigenvalue weighted by atomic mass is 16.3. The van der Waals surface area contributed by atoms with Gasteiger partial charge in [-0.3, -0.25) is 4.68 Å². The predicted molar refractivity (Wildman–Crippen MR) is 59.6 cm³/mol. The Balaban J connectivity index is 2.18. The maximum atomic E-state index is 9.26. The molecule has 1 saturated carbocycles. The largest absolute Gasteiger partial charge is 0.390 e. The average molecular weight is 208 g/mol. The van der Waals surface area contributed by atoms with Gasteiger partial charge in [-0.25, -0.2) is 0 Å². The standard InChI is InChI=1S/C12H20N2O/c1-14-8-11(12(9-15)13-14)10-6-4-2-3-5-7-10/h8,10,15H,2-7,9H2,1H3. The van der Waals surface area contributed by atoms with Gasteiger partial charge in [0.05, 0.1) is 12.3 Å². The molecule has 1 aliphatic carbocycles. The van der Waals surface area contributed by atoms with Gasteiger partial charge in [-0.1, -0.05) is 25.7 Å². The van der Waals surface area contributed by atoms with Crippen molar-refractivity contribution in [3.63, 3.8) is 0 Å². The van der Waals surface area contributed by atoms with E-state index in [1.807, 2.05) is 11.7 Å². The van der Waals surface area contributed by atoms with Gasteiger partial charge in [0.2, 0.25) is 0 Å². The van der Waals surface area contributed by atoms with Crippen LogP contribution in [0.1, 0.15) is 55.7 Å². The second-order valence-electron chi connectivity index (χ2n) is 4.55. The molecule has 1 aromatic heterocycles. The van der Waals surface area contributed by atoms with E-state index in [0.717, 1.165) is 5.69 Å². The molecule has 3 nitrogen and oxygen atoms in total. The second-order valence-corrected chi connectivity index (χ2v) is 4.55. The lowest BCUT2D eigenvalue weighted by Crippen LogP contribution is -2.00. The summed E-state index contributed by atoms with van der Waals surface area (Å²) >= 11 is 0. The SMILES string of the molecule is Cn1cc(C2CCCCCC2)c(CO)n1. The van der Waals surface area contributed by atoms with Gasteiger partial charge in [0.1, 0.15) is 0 Å². The minimum Gasteiger partial charge on any atom is -0.390 e.